The molecule has 248 valence electrons. The highest BCUT2D eigenvalue weighted by atomic mass is 32.2. The predicted octanol–water partition coefficient (Wildman–Crippen LogP) is 7.56. The van der Waals surface area contributed by atoms with Gasteiger partial charge in [-0.25, -0.2) is 13.1 Å². The molecule has 6 rings (SSSR count). The summed E-state index contributed by atoms with van der Waals surface area (Å²) in [6, 6.07) is 42.9. The van der Waals surface area contributed by atoms with E-state index in [1.54, 1.807) is 30.3 Å². The lowest BCUT2D eigenvalue weighted by atomic mass is 9.97. The van der Waals surface area contributed by atoms with Crippen LogP contribution in [0.25, 0.3) is 11.1 Å². The van der Waals surface area contributed by atoms with Gasteiger partial charge in [-0.3, -0.25) is 4.90 Å². The number of hydrogen-bond donors (Lipinski definition) is 2. The fraction of sp³-hybridized carbons (Fsp3) is 0.250. The largest absolute Gasteiger partial charge is 0.392 e. The number of nitrogens with zero attached hydrogens (tertiary/aromatic N) is 1. The molecule has 2 N–H and O–H groups in total. The lowest BCUT2D eigenvalue weighted by Crippen LogP contribution is -2.38. The number of rotatable bonds is 12. The maximum atomic E-state index is 12.9. The van der Waals surface area contributed by atoms with E-state index >= 15 is 0 Å². The van der Waals surface area contributed by atoms with Crippen molar-refractivity contribution >= 4 is 10.0 Å². The molecule has 8 heteroatoms. The fourth-order valence-corrected chi connectivity index (χ4v) is 7.16. The van der Waals surface area contributed by atoms with Gasteiger partial charge in [0.05, 0.1) is 23.7 Å². The first-order chi connectivity index (χ1) is 23.3. The Morgan fingerprint density at radius 1 is 0.792 bits per heavy atom. The van der Waals surface area contributed by atoms with Crippen molar-refractivity contribution in [3.8, 4) is 11.1 Å². The summed E-state index contributed by atoms with van der Waals surface area (Å²) in [7, 11) is -1.52. The lowest BCUT2D eigenvalue weighted by molar-refractivity contribution is -0.253. The van der Waals surface area contributed by atoms with Crippen LogP contribution in [0.15, 0.2) is 138 Å². The number of nitrogens with one attached hydrogen (secondary N) is 1. The molecule has 1 fully saturated rings. The Morgan fingerprint density at radius 2 is 1.42 bits per heavy atom. The molecule has 7 nitrogen and oxygen atoms in total. The summed E-state index contributed by atoms with van der Waals surface area (Å²) in [4.78, 5) is 2.56. The molecule has 5 aromatic rings. The number of aliphatic hydroxyl groups is 1. The Balaban J connectivity index is 1.21. The van der Waals surface area contributed by atoms with E-state index in [-0.39, 0.29) is 36.3 Å². The van der Waals surface area contributed by atoms with Crippen LogP contribution in [-0.4, -0.2) is 38.1 Å². The average molecular weight is 663 g/mol. The van der Waals surface area contributed by atoms with Gasteiger partial charge in [-0.2, -0.15) is 0 Å². The molecule has 0 bridgehead atoms. The zero-order chi connectivity index (χ0) is 33.5. The normalized spacial score (nSPS) is 18.9. The molecular formula is C40H42N2O5S. The molecule has 4 atom stereocenters. The third kappa shape index (κ3) is 8.10. The van der Waals surface area contributed by atoms with Crippen LogP contribution in [0.3, 0.4) is 0 Å². The second-order valence-corrected chi connectivity index (χ2v) is 14.1. The van der Waals surface area contributed by atoms with Gasteiger partial charge in [0.15, 0.2) is 6.29 Å². The van der Waals surface area contributed by atoms with E-state index in [1.807, 2.05) is 78.9 Å². The number of sulfonamides is 1. The third-order valence-corrected chi connectivity index (χ3v) is 10.5. The number of benzene rings is 5. The van der Waals surface area contributed by atoms with Gasteiger partial charge in [-0.1, -0.05) is 121 Å². The molecule has 5 aromatic carbocycles. The van der Waals surface area contributed by atoms with E-state index in [9.17, 15) is 13.5 Å². The second-order valence-electron chi connectivity index (χ2n) is 12.3. The molecule has 0 amide bonds. The summed E-state index contributed by atoms with van der Waals surface area (Å²) < 4.78 is 41.7. The van der Waals surface area contributed by atoms with E-state index < -0.39 is 16.3 Å². The molecule has 0 radical (unpaired) electrons. The number of likely N-dealkylation sites (N-methyl/N-ethyl adjacent to an activating group) is 1. The molecule has 0 saturated carbocycles. The highest BCUT2D eigenvalue weighted by Crippen LogP contribution is 2.39. The van der Waals surface area contributed by atoms with Crippen molar-refractivity contribution in [2.45, 2.75) is 55.9 Å². The maximum Gasteiger partial charge on any atom is 0.240 e. The Bertz CT molecular complexity index is 1870. The summed E-state index contributed by atoms with van der Waals surface area (Å²) in [5.74, 6) is 0. The second kappa shape index (κ2) is 15.4. The van der Waals surface area contributed by atoms with Crippen molar-refractivity contribution in [1.82, 2.24) is 9.62 Å². The molecule has 1 aliphatic rings. The third-order valence-electron chi connectivity index (χ3n) is 9.07. The summed E-state index contributed by atoms with van der Waals surface area (Å²) in [5, 5.41) is 9.56. The van der Waals surface area contributed by atoms with Crippen molar-refractivity contribution in [2.75, 3.05) is 13.6 Å². The minimum Gasteiger partial charge on any atom is -0.392 e. The Morgan fingerprint density at radius 3 is 2.10 bits per heavy atom. The van der Waals surface area contributed by atoms with E-state index in [0.29, 0.717) is 6.42 Å². The monoisotopic (exact) mass is 662 g/mol. The van der Waals surface area contributed by atoms with Gasteiger partial charge in [-0.15, -0.1) is 0 Å². The highest BCUT2D eigenvalue weighted by Gasteiger charge is 2.33. The van der Waals surface area contributed by atoms with Gasteiger partial charge < -0.3 is 14.6 Å². The van der Waals surface area contributed by atoms with E-state index in [4.69, 9.17) is 9.47 Å². The smallest absolute Gasteiger partial charge is 0.240 e. The fourth-order valence-electron chi connectivity index (χ4n) is 6.13. The maximum absolute atomic E-state index is 12.9. The van der Waals surface area contributed by atoms with Crippen LogP contribution in [0, 0.1) is 0 Å². The number of ether oxygens (including phenoxy) is 2. The van der Waals surface area contributed by atoms with Gasteiger partial charge in [0.1, 0.15) is 0 Å². The van der Waals surface area contributed by atoms with Crippen molar-refractivity contribution in [1.29, 1.82) is 0 Å². The number of hydrogen-bond acceptors (Lipinski definition) is 6. The molecule has 1 saturated heterocycles. The molecule has 48 heavy (non-hydrogen) atoms. The molecule has 0 spiro atoms. The van der Waals surface area contributed by atoms with E-state index in [1.165, 1.54) is 5.56 Å². The minimum absolute atomic E-state index is 0.00326. The summed E-state index contributed by atoms with van der Waals surface area (Å²) in [5.41, 5.74) is 6.85. The minimum atomic E-state index is -3.65. The first kappa shape index (κ1) is 33.7. The van der Waals surface area contributed by atoms with Crippen LogP contribution in [0.5, 0.6) is 0 Å². The summed E-state index contributed by atoms with van der Waals surface area (Å²) in [6.45, 7) is 3.10. The van der Waals surface area contributed by atoms with Crippen LogP contribution in [0.1, 0.15) is 59.6 Å². The van der Waals surface area contributed by atoms with Gasteiger partial charge in [0, 0.05) is 31.1 Å². The summed E-state index contributed by atoms with van der Waals surface area (Å²) in [6.07, 6.45) is -0.139. The zero-order valence-electron chi connectivity index (χ0n) is 27.3. The van der Waals surface area contributed by atoms with E-state index in [2.05, 4.69) is 47.9 Å². The van der Waals surface area contributed by atoms with Crippen LogP contribution in [0.4, 0.5) is 0 Å². The quantitative estimate of drug-likeness (QED) is 0.143. The van der Waals surface area contributed by atoms with Gasteiger partial charge in [-0.05, 0) is 59.5 Å². The van der Waals surface area contributed by atoms with Crippen molar-refractivity contribution < 1.29 is 23.0 Å². The standard InChI is InChI=1S/C40H42N2O5S/c1-29(31-11-5-3-6-12-31)42(2)27-36-25-39(33-19-17-30(28-43)18-20-33)47-40(46-36)34-23-21-32(22-24-34)38-16-10-9-13-35(38)26-41-48(44,45)37-14-7-4-8-15-37/h3-24,29,36,39-41,43H,25-28H2,1-2H3/t29-,36+,39-,40-/m0/s1. The first-order valence-electron chi connectivity index (χ1n) is 16.3. The molecule has 0 aromatic heterocycles. The topological polar surface area (TPSA) is 88.1 Å². The van der Waals surface area contributed by atoms with Gasteiger partial charge in [0.2, 0.25) is 10.0 Å². The predicted molar refractivity (Wildman–Crippen MR) is 188 cm³/mol. The molecule has 1 heterocycles. The molecular weight excluding hydrogens is 621 g/mol. The zero-order valence-corrected chi connectivity index (χ0v) is 28.1. The highest BCUT2D eigenvalue weighted by molar-refractivity contribution is 7.89. The summed E-state index contributed by atoms with van der Waals surface area (Å²) >= 11 is 0. The van der Waals surface area contributed by atoms with Crippen LogP contribution in [0.2, 0.25) is 0 Å². The van der Waals surface area contributed by atoms with Gasteiger partial charge >= 0.3 is 0 Å². The van der Waals surface area contributed by atoms with Crippen molar-refractivity contribution in [3.05, 3.63) is 161 Å². The van der Waals surface area contributed by atoms with Crippen LogP contribution in [-0.2, 0) is 32.6 Å². The van der Waals surface area contributed by atoms with E-state index in [0.717, 1.165) is 39.9 Å². The number of aliphatic hydroxyl groups excluding tert-OH is 1. The van der Waals surface area contributed by atoms with Crippen LogP contribution >= 0.6 is 0 Å². The Kier molecular flexibility index (Phi) is 10.8. The molecule has 0 unspecified atom stereocenters. The van der Waals surface area contributed by atoms with Crippen molar-refractivity contribution in [2.24, 2.45) is 0 Å². The lowest BCUT2D eigenvalue weighted by Gasteiger charge is -2.39. The van der Waals surface area contributed by atoms with Gasteiger partial charge in [0.25, 0.3) is 0 Å². The Labute approximate surface area is 283 Å². The van der Waals surface area contributed by atoms with Crippen molar-refractivity contribution in [3.63, 3.8) is 0 Å². The SMILES string of the molecule is C[C@@H](c1ccccc1)N(C)C[C@H]1C[C@@H](c2ccc(CO)cc2)O[C@@H](c2ccc(-c3ccccc3CNS(=O)(=O)c3ccccc3)cc2)O1. The van der Waals surface area contributed by atoms with Crippen LogP contribution < -0.4 is 4.72 Å². The molecule has 1 aliphatic heterocycles. The molecule has 0 aliphatic carbocycles. The average Bonchev–Trinajstić information content (AvgIpc) is 3.14. The first-order valence-corrected chi connectivity index (χ1v) is 17.8. The Hall–Kier alpha value is -4.15.